The Morgan fingerprint density at radius 2 is 2.67 bits per heavy atom. The Morgan fingerprint density at radius 1 is 1.67 bits per heavy atom. The highest BCUT2D eigenvalue weighted by Crippen LogP contribution is 1.93. The van der Waals surface area contributed by atoms with Crippen molar-refractivity contribution >= 4 is 11.9 Å². The SMILES string of the molecule is C1CNCS[N]1. The predicted molar refractivity (Wildman–Crippen MR) is 27.5 cm³/mol. The van der Waals surface area contributed by atoms with E-state index < -0.39 is 0 Å². The van der Waals surface area contributed by atoms with Crippen molar-refractivity contribution in [3.8, 4) is 0 Å². The van der Waals surface area contributed by atoms with E-state index in [2.05, 4.69) is 10.0 Å². The lowest BCUT2D eigenvalue weighted by atomic mass is 10.7. The zero-order chi connectivity index (χ0) is 4.24. The van der Waals surface area contributed by atoms with Crippen molar-refractivity contribution in [2.45, 2.75) is 0 Å². The van der Waals surface area contributed by atoms with E-state index in [1.807, 2.05) is 0 Å². The standard InChI is InChI=1S/C3H7N2S/c1-2-5-6-3-4-1/h4H,1-3H2. The molecule has 1 rings (SSSR count). The van der Waals surface area contributed by atoms with Crippen molar-refractivity contribution in [1.82, 2.24) is 10.0 Å². The molecule has 0 aromatic carbocycles. The van der Waals surface area contributed by atoms with Crippen molar-refractivity contribution in [3.63, 3.8) is 0 Å². The van der Waals surface area contributed by atoms with Gasteiger partial charge >= 0.3 is 0 Å². The molecule has 1 aliphatic heterocycles. The molecule has 0 atom stereocenters. The molecule has 0 spiro atoms. The third kappa shape index (κ3) is 1.16. The van der Waals surface area contributed by atoms with Crippen molar-refractivity contribution in [1.29, 1.82) is 0 Å². The van der Waals surface area contributed by atoms with Gasteiger partial charge in [-0.3, -0.25) is 0 Å². The van der Waals surface area contributed by atoms with Crippen LogP contribution in [0.4, 0.5) is 0 Å². The smallest absolute Gasteiger partial charge is 0.0581 e. The van der Waals surface area contributed by atoms with E-state index in [4.69, 9.17) is 0 Å². The Labute approximate surface area is 41.8 Å². The molecule has 1 radical (unpaired) electrons. The molecule has 0 aromatic heterocycles. The summed E-state index contributed by atoms with van der Waals surface area (Å²) in [6.07, 6.45) is 0. The topological polar surface area (TPSA) is 26.1 Å². The summed E-state index contributed by atoms with van der Waals surface area (Å²) >= 11 is 1.61. The monoisotopic (exact) mass is 103 g/mol. The Morgan fingerprint density at radius 3 is 2.83 bits per heavy atom. The van der Waals surface area contributed by atoms with Crippen LogP contribution in [0.25, 0.3) is 0 Å². The van der Waals surface area contributed by atoms with E-state index in [1.165, 1.54) is 0 Å². The zero-order valence-corrected chi connectivity index (χ0v) is 4.29. The normalized spacial score (nSPS) is 24.0. The Kier molecular flexibility index (Phi) is 1.80. The van der Waals surface area contributed by atoms with E-state index >= 15 is 0 Å². The molecule has 1 heterocycles. The van der Waals surface area contributed by atoms with Crippen LogP contribution in [0.15, 0.2) is 0 Å². The van der Waals surface area contributed by atoms with Crippen LogP contribution >= 0.6 is 11.9 Å². The van der Waals surface area contributed by atoms with E-state index in [1.54, 1.807) is 11.9 Å². The number of nitrogens with zero attached hydrogens (tertiary/aromatic N) is 1. The minimum atomic E-state index is 0.977. The minimum Gasteiger partial charge on any atom is -0.305 e. The molecule has 0 unspecified atom stereocenters. The molecule has 0 aromatic rings. The maximum atomic E-state index is 4.03. The van der Waals surface area contributed by atoms with E-state index in [-0.39, 0.29) is 0 Å². The first-order chi connectivity index (χ1) is 3.00. The fraction of sp³-hybridized carbons (Fsp3) is 1.00. The quantitative estimate of drug-likeness (QED) is 0.430. The highest BCUT2D eigenvalue weighted by Gasteiger charge is 1.94. The van der Waals surface area contributed by atoms with Gasteiger partial charge in [-0.25, -0.2) is 0 Å². The maximum absolute atomic E-state index is 4.03. The van der Waals surface area contributed by atoms with Gasteiger partial charge in [-0.15, -0.1) is 0 Å². The van der Waals surface area contributed by atoms with Crippen LogP contribution < -0.4 is 10.0 Å². The molecule has 1 N–H and O–H groups in total. The molecular weight excluding hydrogens is 96.1 g/mol. The molecule has 0 amide bonds. The van der Waals surface area contributed by atoms with Gasteiger partial charge in [0.1, 0.15) is 0 Å². The van der Waals surface area contributed by atoms with Gasteiger partial charge in [0.15, 0.2) is 0 Å². The van der Waals surface area contributed by atoms with Gasteiger partial charge in [-0.05, 0) is 11.9 Å². The van der Waals surface area contributed by atoms with Gasteiger partial charge in [0.05, 0.1) is 5.88 Å². The third-order valence-electron chi connectivity index (χ3n) is 0.638. The molecule has 0 saturated carbocycles. The summed E-state index contributed by atoms with van der Waals surface area (Å²) in [5, 5.41) is 3.15. The van der Waals surface area contributed by atoms with Crippen LogP contribution in [0, 0.1) is 0 Å². The number of nitrogens with one attached hydrogen (secondary N) is 1. The van der Waals surface area contributed by atoms with Crippen molar-refractivity contribution < 1.29 is 0 Å². The maximum Gasteiger partial charge on any atom is 0.0581 e. The molecule has 1 saturated heterocycles. The van der Waals surface area contributed by atoms with Crippen molar-refractivity contribution in [3.05, 3.63) is 0 Å². The summed E-state index contributed by atoms with van der Waals surface area (Å²) in [5.41, 5.74) is 0. The molecule has 35 valence electrons. The van der Waals surface area contributed by atoms with Gasteiger partial charge in [0, 0.05) is 13.1 Å². The summed E-state index contributed by atoms with van der Waals surface area (Å²) in [4.78, 5) is 0. The first-order valence-corrected chi connectivity index (χ1v) is 2.94. The average Bonchev–Trinajstić information content (AvgIpc) is 1.72. The van der Waals surface area contributed by atoms with E-state index in [9.17, 15) is 0 Å². The summed E-state index contributed by atoms with van der Waals surface area (Å²) in [5.74, 6) is 1.00. The number of hydrogen-bond acceptors (Lipinski definition) is 2. The molecule has 2 nitrogen and oxygen atoms in total. The van der Waals surface area contributed by atoms with Crippen molar-refractivity contribution in [2.24, 2.45) is 0 Å². The highest BCUT2D eigenvalue weighted by molar-refractivity contribution is 7.97. The van der Waals surface area contributed by atoms with Crippen LogP contribution in [-0.4, -0.2) is 19.0 Å². The van der Waals surface area contributed by atoms with E-state index in [0.717, 1.165) is 19.0 Å². The fourth-order valence-electron chi connectivity index (χ4n) is 0.353. The van der Waals surface area contributed by atoms with Gasteiger partial charge in [0.2, 0.25) is 0 Å². The van der Waals surface area contributed by atoms with Crippen LogP contribution in [0.1, 0.15) is 0 Å². The molecular formula is C3H7N2S. The second kappa shape index (κ2) is 2.44. The van der Waals surface area contributed by atoms with Gasteiger partial charge in [-0.2, -0.15) is 4.72 Å². The Bertz CT molecular complexity index is 24.3. The minimum absolute atomic E-state index is 0.977. The second-order valence-electron chi connectivity index (χ2n) is 1.13. The molecule has 0 bridgehead atoms. The van der Waals surface area contributed by atoms with Gasteiger partial charge in [-0.1, -0.05) is 0 Å². The van der Waals surface area contributed by atoms with Crippen LogP contribution in [0.2, 0.25) is 0 Å². The molecule has 1 fully saturated rings. The van der Waals surface area contributed by atoms with Crippen LogP contribution in [0.5, 0.6) is 0 Å². The first kappa shape index (κ1) is 4.43. The van der Waals surface area contributed by atoms with E-state index in [0.29, 0.717) is 0 Å². The second-order valence-corrected chi connectivity index (χ2v) is 1.93. The van der Waals surface area contributed by atoms with Gasteiger partial charge in [0.25, 0.3) is 0 Å². The summed E-state index contributed by atoms with van der Waals surface area (Å²) in [7, 11) is 0. The third-order valence-corrected chi connectivity index (χ3v) is 1.34. The number of rotatable bonds is 0. The lowest BCUT2D eigenvalue weighted by molar-refractivity contribution is 0.726. The molecule has 0 aliphatic carbocycles. The first-order valence-electron chi connectivity index (χ1n) is 1.99. The van der Waals surface area contributed by atoms with Gasteiger partial charge < -0.3 is 5.32 Å². The van der Waals surface area contributed by atoms with Crippen LogP contribution in [0.3, 0.4) is 0 Å². The zero-order valence-electron chi connectivity index (χ0n) is 3.48. The lowest BCUT2D eigenvalue weighted by Crippen LogP contribution is -2.27. The average molecular weight is 103 g/mol. The van der Waals surface area contributed by atoms with Crippen LogP contribution in [-0.2, 0) is 0 Å². The largest absolute Gasteiger partial charge is 0.305 e. The lowest BCUT2D eigenvalue weighted by Gasteiger charge is -2.07. The molecule has 6 heavy (non-hydrogen) atoms. The Balaban J connectivity index is 2.00. The Hall–Kier alpha value is 0.270. The predicted octanol–water partition coefficient (Wildman–Crippen LogP) is -0.200. The summed E-state index contributed by atoms with van der Waals surface area (Å²) in [6, 6.07) is 0. The molecule has 3 heteroatoms. The highest BCUT2D eigenvalue weighted by atomic mass is 32.2. The summed E-state index contributed by atoms with van der Waals surface area (Å²) < 4.78 is 4.03. The molecule has 1 aliphatic rings. The summed E-state index contributed by atoms with van der Waals surface area (Å²) in [6.45, 7) is 2.04. The fourth-order valence-corrected chi connectivity index (χ4v) is 0.900. The number of hydrogen-bond donors (Lipinski definition) is 1. The van der Waals surface area contributed by atoms with Crippen molar-refractivity contribution in [2.75, 3.05) is 19.0 Å².